The molecule has 3 heteroatoms. The Morgan fingerprint density at radius 1 is 1.55 bits per heavy atom. The topological polar surface area (TPSA) is 48.1 Å². The molecule has 3 nitrogen and oxygen atoms in total. The second kappa shape index (κ2) is 2.42. The van der Waals surface area contributed by atoms with Crippen LogP contribution in [0, 0.1) is 0 Å². The monoisotopic (exact) mass is 150 g/mol. The van der Waals surface area contributed by atoms with Crippen LogP contribution >= 0.6 is 0 Å². The van der Waals surface area contributed by atoms with Crippen molar-refractivity contribution in [2.75, 3.05) is 5.73 Å². The van der Waals surface area contributed by atoms with Crippen LogP contribution in [-0.4, -0.2) is 11.1 Å². The summed E-state index contributed by atoms with van der Waals surface area (Å²) in [7, 11) is 0. The first-order valence-corrected chi connectivity index (χ1v) is 3.73. The summed E-state index contributed by atoms with van der Waals surface area (Å²) in [5, 5.41) is 0. The lowest BCUT2D eigenvalue weighted by Gasteiger charge is -2.01. The van der Waals surface area contributed by atoms with Crippen LogP contribution in [0.15, 0.2) is 18.3 Å². The van der Waals surface area contributed by atoms with Gasteiger partial charge in [-0.2, -0.15) is 0 Å². The van der Waals surface area contributed by atoms with Gasteiger partial charge in [0, 0.05) is 18.0 Å². The zero-order chi connectivity index (χ0) is 7.68. The van der Waals surface area contributed by atoms with Crippen molar-refractivity contribution in [3.63, 3.8) is 0 Å². The van der Waals surface area contributed by atoms with E-state index in [4.69, 9.17) is 10.5 Å². The number of nitrogens with two attached hydrogens (primary N) is 1. The molecule has 0 atom stereocenters. The van der Waals surface area contributed by atoms with Gasteiger partial charge in [-0.25, -0.2) is 4.98 Å². The molecule has 58 valence electrons. The Kier molecular flexibility index (Phi) is 1.42. The van der Waals surface area contributed by atoms with Gasteiger partial charge >= 0.3 is 0 Å². The van der Waals surface area contributed by atoms with E-state index in [0.29, 0.717) is 17.7 Å². The first kappa shape index (κ1) is 6.46. The molecular weight excluding hydrogens is 140 g/mol. The quantitative estimate of drug-likeness (QED) is 0.689. The number of nitrogen functional groups attached to an aromatic ring is 1. The van der Waals surface area contributed by atoms with Gasteiger partial charge in [0.05, 0.1) is 0 Å². The molecule has 1 aliphatic rings. The van der Waals surface area contributed by atoms with E-state index >= 15 is 0 Å². The van der Waals surface area contributed by atoms with Gasteiger partial charge in [0.2, 0.25) is 5.88 Å². The summed E-state index contributed by atoms with van der Waals surface area (Å²) in [4.78, 5) is 4.02. The molecule has 1 aliphatic carbocycles. The first-order valence-electron chi connectivity index (χ1n) is 3.73. The van der Waals surface area contributed by atoms with Crippen molar-refractivity contribution < 1.29 is 4.74 Å². The lowest BCUT2D eigenvalue weighted by atomic mass is 10.4. The second-order valence-corrected chi connectivity index (χ2v) is 2.74. The SMILES string of the molecule is Nc1ccnc(OC2CC2)c1. The van der Waals surface area contributed by atoms with Gasteiger partial charge in [-0.05, 0) is 18.9 Å². The predicted molar refractivity (Wildman–Crippen MR) is 42.3 cm³/mol. The normalized spacial score (nSPS) is 16.4. The Labute approximate surface area is 65.2 Å². The van der Waals surface area contributed by atoms with Crippen molar-refractivity contribution in [3.8, 4) is 5.88 Å². The van der Waals surface area contributed by atoms with E-state index in [0.717, 1.165) is 12.8 Å². The number of pyridine rings is 1. The fourth-order valence-electron chi connectivity index (χ4n) is 0.846. The summed E-state index contributed by atoms with van der Waals surface area (Å²) >= 11 is 0. The molecule has 1 aromatic heterocycles. The van der Waals surface area contributed by atoms with Crippen molar-refractivity contribution in [1.82, 2.24) is 4.98 Å². The number of rotatable bonds is 2. The molecule has 0 bridgehead atoms. The van der Waals surface area contributed by atoms with E-state index in [1.807, 2.05) is 0 Å². The summed E-state index contributed by atoms with van der Waals surface area (Å²) in [6.07, 6.45) is 4.35. The Bertz CT molecular complexity index is 258. The molecule has 2 rings (SSSR count). The third-order valence-corrected chi connectivity index (χ3v) is 1.57. The molecule has 0 aromatic carbocycles. The zero-order valence-corrected chi connectivity index (χ0v) is 6.16. The maximum absolute atomic E-state index is 5.53. The number of anilines is 1. The average Bonchev–Trinajstić information content (AvgIpc) is 2.71. The van der Waals surface area contributed by atoms with Crippen LogP contribution in [0.5, 0.6) is 5.88 Å². The van der Waals surface area contributed by atoms with Crippen molar-refractivity contribution in [1.29, 1.82) is 0 Å². The van der Waals surface area contributed by atoms with Crippen molar-refractivity contribution in [2.45, 2.75) is 18.9 Å². The molecule has 1 heterocycles. The van der Waals surface area contributed by atoms with Crippen LogP contribution < -0.4 is 10.5 Å². The minimum absolute atomic E-state index is 0.393. The van der Waals surface area contributed by atoms with E-state index in [1.54, 1.807) is 18.3 Å². The molecule has 1 aromatic rings. The minimum atomic E-state index is 0.393. The van der Waals surface area contributed by atoms with Crippen LogP contribution in [0.2, 0.25) is 0 Å². The molecule has 0 radical (unpaired) electrons. The van der Waals surface area contributed by atoms with Gasteiger partial charge in [0.25, 0.3) is 0 Å². The maximum Gasteiger partial charge on any atom is 0.215 e. The molecule has 0 saturated heterocycles. The van der Waals surface area contributed by atoms with Crippen LogP contribution in [0.1, 0.15) is 12.8 Å². The van der Waals surface area contributed by atoms with Crippen LogP contribution in [0.25, 0.3) is 0 Å². The number of hydrogen-bond donors (Lipinski definition) is 1. The highest BCUT2D eigenvalue weighted by Crippen LogP contribution is 2.25. The Morgan fingerprint density at radius 2 is 2.36 bits per heavy atom. The summed E-state index contributed by atoms with van der Waals surface area (Å²) < 4.78 is 5.42. The standard InChI is InChI=1S/C8H10N2O/c9-6-3-4-10-8(5-6)11-7-1-2-7/h3-5,7H,1-2H2,(H2,9,10). The summed E-state index contributed by atoms with van der Waals surface area (Å²) in [6, 6.07) is 3.50. The Morgan fingerprint density at radius 3 is 3.00 bits per heavy atom. The van der Waals surface area contributed by atoms with E-state index in [1.165, 1.54) is 0 Å². The number of ether oxygens (including phenoxy) is 1. The lowest BCUT2D eigenvalue weighted by molar-refractivity contribution is 0.291. The highest BCUT2D eigenvalue weighted by Gasteiger charge is 2.23. The predicted octanol–water partition coefficient (Wildman–Crippen LogP) is 1.21. The van der Waals surface area contributed by atoms with Gasteiger partial charge in [0.1, 0.15) is 6.10 Å². The molecule has 0 aliphatic heterocycles. The van der Waals surface area contributed by atoms with E-state index in [2.05, 4.69) is 4.98 Å². The largest absolute Gasteiger partial charge is 0.474 e. The van der Waals surface area contributed by atoms with Crippen molar-refractivity contribution >= 4 is 5.69 Å². The average molecular weight is 150 g/mol. The molecule has 0 unspecified atom stereocenters. The first-order chi connectivity index (χ1) is 5.34. The fraction of sp³-hybridized carbons (Fsp3) is 0.375. The maximum atomic E-state index is 5.53. The van der Waals surface area contributed by atoms with Gasteiger partial charge in [-0.3, -0.25) is 0 Å². The van der Waals surface area contributed by atoms with Gasteiger partial charge < -0.3 is 10.5 Å². The minimum Gasteiger partial charge on any atom is -0.474 e. The molecule has 1 fully saturated rings. The molecule has 0 spiro atoms. The summed E-state index contributed by atoms with van der Waals surface area (Å²) in [6.45, 7) is 0. The summed E-state index contributed by atoms with van der Waals surface area (Å²) in [5.74, 6) is 0.646. The molecular formula is C8H10N2O. The van der Waals surface area contributed by atoms with Crippen molar-refractivity contribution in [3.05, 3.63) is 18.3 Å². The third-order valence-electron chi connectivity index (χ3n) is 1.57. The molecule has 1 saturated carbocycles. The highest BCUT2D eigenvalue weighted by molar-refractivity contribution is 5.39. The van der Waals surface area contributed by atoms with Crippen LogP contribution in [0.4, 0.5) is 5.69 Å². The Balaban J connectivity index is 2.10. The van der Waals surface area contributed by atoms with Gasteiger partial charge in [-0.1, -0.05) is 0 Å². The fourth-order valence-corrected chi connectivity index (χ4v) is 0.846. The van der Waals surface area contributed by atoms with Crippen molar-refractivity contribution in [2.24, 2.45) is 0 Å². The van der Waals surface area contributed by atoms with E-state index in [9.17, 15) is 0 Å². The van der Waals surface area contributed by atoms with Crippen LogP contribution in [0.3, 0.4) is 0 Å². The third kappa shape index (κ3) is 1.61. The number of aromatic nitrogens is 1. The molecule has 11 heavy (non-hydrogen) atoms. The number of nitrogens with zero attached hydrogens (tertiary/aromatic N) is 1. The Hall–Kier alpha value is -1.25. The highest BCUT2D eigenvalue weighted by atomic mass is 16.5. The second-order valence-electron chi connectivity index (χ2n) is 2.74. The summed E-state index contributed by atoms with van der Waals surface area (Å²) in [5.41, 5.74) is 6.24. The lowest BCUT2D eigenvalue weighted by Crippen LogP contribution is -1.98. The zero-order valence-electron chi connectivity index (χ0n) is 6.16. The molecule has 0 amide bonds. The van der Waals surface area contributed by atoms with E-state index < -0.39 is 0 Å². The smallest absolute Gasteiger partial charge is 0.215 e. The van der Waals surface area contributed by atoms with Gasteiger partial charge in [0.15, 0.2) is 0 Å². The van der Waals surface area contributed by atoms with Crippen LogP contribution in [-0.2, 0) is 0 Å². The molecule has 2 N–H and O–H groups in total. The van der Waals surface area contributed by atoms with Gasteiger partial charge in [-0.15, -0.1) is 0 Å². The van der Waals surface area contributed by atoms with E-state index in [-0.39, 0.29) is 0 Å². The number of hydrogen-bond acceptors (Lipinski definition) is 3.